The van der Waals surface area contributed by atoms with Crippen LogP contribution >= 0.6 is 0 Å². The van der Waals surface area contributed by atoms with Crippen molar-refractivity contribution in [1.29, 1.82) is 0 Å². The fraction of sp³-hybridized carbons (Fsp3) is 0.222. The Morgan fingerprint density at radius 2 is 2.38 bits per heavy atom. The van der Waals surface area contributed by atoms with E-state index in [0.29, 0.717) is 5.56 Å². The molecule has 2 aromatic heterocycles. The molecule has 0 aromatic carbocycles. The van der Waals surface area contributed by atoms with Gasteiger partial charge in [0, 0.05) is 18.0 Å². The molecule has 2 heterocycles. The van der Waals surface area contributed by atoms with Crippen molar-refractivity contribution in [2.24, 2.45) is 0 Å². The third-order valence-electron chi connectivity index (χ3n) is 1.97. The lowest BCUT2D eigenvalue weighted by Gasteiger charge is -1.94. The maximum atomic E-state index is 10.4. The summed E-state index contributed by atoms with van der Waals surface area (Å²) < 4.78 is 1.63. The van der Waals surface area contributed by atoms with Gasteiger partial charge in [-0.1, -0.05) is 6.92 Å². The number of rotatable bonds is 2. The number of carbonyl (C=O) groups excluding carboxylic acids is 1. The summed E-state index contributed by atoms with van der Waals surface area (Å²) in [5, 5.41) is 4.09. The smallest absolute Gasteiger partial charge is 0.158 e. The lowest BCUT2D eigenvalue weighted by molar-refractivity contribution is 0.112. The zero-order valence-corrected chi connectivity index (χ0v) is 7.27. The van der Waals surface area contributed by atoms with Gasteiger partial charge in [-0.2, -0.15) is 5.10 Å². The second kappa shape index (κ2) is 2.97. The summed E-state index contributed by atoms with van der Waals surface area (Å²) in [6.45, 7) is 2.05. The molecule has 4 nitrogen and oxygen atoms in total. The second-order valence-corrected chi connectivity index (χ2v) is 2.80. The van der Waals surface area contributed by atoms with Crippen LogP contribution in [0.25, 0.3) is 5.65 Å². The average Bonchev–Trinajstić information content (AvgIpc) is 2.59. The SMILES string of the molecule is CCc1cnn2cc(C=O)cnc12. The number of aromatic nitrogens is 3. The molecule has 13 heavy (non-hydrogen) atoms. The molecule has 0 radical (unpaired) electrons. The summed E-state index contributed by atoms with van der Waals surface area (Å²) in [4.78, 5) is 14.6. The molecule has 66 valence electrons. The molecule has 2 rings (SSSR count). The molecular formula is C9H9N3O. The van der Waals surface area contributed by atoms with Crippen LogP contribution < -0.4 is 0 Å². The Labute approximate surface area is 75.2 Å². The van der Waals surface area contributed by atoms with E-state index in [0.717, 1.165) is 23.9 Å². The zero-order valence-electron chi connectivity index (χ0n) is 7.27. The van der Waals surface area contributed by atoms with Crippen molar-refractivity contribution in [2.45, 2.75) is 13.3 Å². The van der Waals surface area contributed by atoms with E-state index in [9.17, 15) is 4.79 Å². The number of carbonyl (C=O) groups is 1. The van der Waals surface area contributed by atoms with Crippen LogP contribution in [0.3, 0.4) is 0 Å². The van der Waals surface area contributed by atoms with Gasteiger partial charge in [0.2, 0.25) is 0 Å². The molecule has 0 spiro atoms. The van der Waals surface area contributed by atoms with Crippen molar-refractivity contribution in [3.05, 3.63) is 29.7 Å². The van der Waals surface area contributed by atoms with E-state index in [1.165, 1.54) is 0 Å². The normalized spacial score (nSPS) is 10.5. The standard InChI is InChI=1S/C9H9N3O/c1-2-8-4-11-12-5-7(6-13)3-10-9(8)12/h3-6H,2H2,1H3. The highest BCUT2D eigenvalue weighted by Crippen LogP contribution is 2.08. The van der Waals surface area contributed by atoms with E-state index >= 15 is 0 Å². The first-order valence-electron chi connectivity index (χ1n) is 4.12. The van der Waals surface area contributed by atoms with Gasteiger partial charge >= 0.3 is 0 Å². The Morgan fingerprint density at radius 1 is 1.54 bits per heavy atom. The number of hydrogen-bond donors (Lipinski definition) is 0. The molecule has 0 aliphatic rings. The Bertz CT molecular complexity index is 447. The Morgan fingerprint density at radius 3 is 3.08 bits per heavy atom. The van der Waals surface area contributed by atoms with Crippen LogP contribution in [0.5, 0.6) is 0 Å². The molecule has 0 aliphatic carbocycles. The molecule has 0 amide bonds. The molecule has 0 aliphatic heterocycles. The maximum Gasteiger partial charge on any atom is 0.158 e. The van der Waals surface area contributed by atoms with Crippen molar-refractivity contribution >= 4 is 11.9 Å². The second-order valence-electron chi connectivity index (χ2n) is 2.80. The lowest BCUT2D eigenvalue weighted by atomic mass is 10.3. The van der Waals surface area contributed by atoms with E-state index < -0.39 is 0 Å². The van der Waals surface area contributed by atoms with Crippen LogP contribution in [0.15, 0.2) is 18.6 Å². The first-order chi connectivity index (χ1) is 6.35. The van der Waals surface area contributed by atoms with Gasteiger partial charge in [0.15, 0.2) is 11.9 Å². The highest BCUT2D eigenvalue weighted by molar-refractivity contribution is 5.74. The quantitative estimate of drug-likeness (QED) is 0.642. The van der Waals surface area contributed by atoms with Gasteiger partial charge in [0.05, 0.1) is 11.8 Å². The first kappa shape index (κ1) is 7.91. The molecule has 2 aromatic rings. The molecule has 0 N–H and O–H groups in total. The van der Waals surface area contributed by atoms with E-state index in [1.807, 2.05) is 6.92 Å². The van der Waals surface area contributed by atoms with Crippen LogP contribution in [0.1, 0.15) is 22.8 Å². The van der Waals surface area contributed by atoms with Crippen LogP contribution in [-0.4, -0.2) is 20.9 Å². The fourth-order valence-corrected chi connectivity index (χ4v) is 1.25. The third kappa shape index (κ3) is 1.20. The highest BCUT2D eigenvalue weighted by Gasteiger charge is 2.02. The van der Waals surface area contributed by atoms with Gasteiger partial charge < -0.3 is 0 Å². The predicted molar refractivity (Wildman–Crippen MR) is 47.8 cm³/mol. The predicted octanol–water partition coefficient (Wildman–Crippen LogP) is 1.10. The van der Waals surface area contributed by atoms with E-state index in [-0.39, 0.29) is 0 Å². The molecule has 4 heteroatoms. The minimum absolute atomic E-state index is 0.540. The minimum Gasteiger partial charge on any atom is -0.298 e. The maximum absolute atomic E-state index is 10.4. The van der Waals surface area contributed by atoms with Crippen LogP contribution in [0.2, 0.25) is 0 Å². The van der Waals surface area contributed by atoms with E-state index in [2.05, 4.69) is 10.1 Å². The van der Waals surface area contributed by atoms with Crippen molar-refractivity contribution in [2.75, 3.05) is 0 Å². The van der Waals surface area contributed by atoms with Crippen LogP contribution in [0.4, 0.5) is 0 Å². The average molecular weight is 175 g/mol. The number of aryl methyl sites for hydroxylation is 1. The molecule has 0 unspecified atom stereocenters. The van der Waals surface area contributed by atoms with Crippen molar-refractivity contribution in [1.82, 2.24) is 14.6 Å². The fourth-order valence-electron chi connectivity index (χ4n) is 1.25. The van der Waals surface area contributed by atoms with Gasteiger partial charge in [-0.25, -0.2) is 9.50 Å². The summed E-state index contributed by atoms with van der Waals surface area (Å²) in [5.41, 5.74) is 2.46. The molecule has 0 bridgehead atoms. The zero-order chi connectivity index (χ0) is 9.26. The molecule has 0 fully saturated rings. The number of nitrogens with zero attached hydrogens (tertiary/aromatic N) is 3. The monoisotopic (exact) mass is 175 g/mol. The van der Waals surface area contributed by atoms with Crippen LogP contribution in [0, 0.1) is 0 Å². The van der Waals surface area contributed by atoms with Crippen LogP contribution in [-0.2, 0) is 6.42 Å². The highest BCUT2D eigenvalue weighted by atomic mass is 16.1. The summed E-state index contributed by atoms with van der Waals surface area (Å²) >= 11 is 0. The summed E-state index contributed by atoms with van der Waals surface area (Å²) in [7, 11) is 0. The summed E-state index contributed by atoms with van der Waals surface area (Å²) in [6, 6.07) is 0. The lowest BCUT2D eigenvalue weighted by Crippen LogP contribution is -1.93. The Hall–Kier alpha value is -1.71. The van der Waals surface area contributed by atoms with Gasteiger partial charge in [-0.15, -0.1) is 0 Å². The number of hydrogen-bond acceptors (Lipinski definition) is 3. The molecule has 0 saturated carbocycles. The first-order valence-corrected chi connectivity index (χ1v) is 4.12. The topological polar surface area (TPSA) is 47.3 Å². The Kier molecular flexibility index (Phi) is 1.81. The van der Waals surface area contributed by atoms with E-state index in [4.69, 9.17) is 0 Å². The van der Waals surface area contributed by atoms with Gasteiger partial charge in [-0.3, -0.25) is 4.79 Å². The van der Waals surface area contributed by atoms with Gasteiger partial charge in [0.1, 0.15) is 0 Å². The minimum atomic E-state index is 0.540. The number of fused-ring (bicyclic) bond motifs is 1. The largest absolute Gasteiger partial charge is 0.298 e. The summed E-state index contributed by atoms with van der Waals surface area (Å²) in [6.07, 6.45) is 6.67. The van der Waals surface area contributed by atoms with Gasteiger partial charge in [-0.05, 0) is 6.42 Å². The summed E-state index contributed by atoms with van der Waals surface area (Å²) in [5.74, 6) is 0. The molecular weight excluding hydrogens is 166 g/mol. The van der Waals surface area contributed by atoms with E-state index in [1.54, 1.807) is 23.1 Å². The van der Waals surface area contributed by atoms with Crippen molar-refractivity contribution in [3.63, 3.8) is 0 Å². The van der Waals surface area contributed by atoms with Gasteiger partial charge in [0.25, 0.3) is 0 Å². The van der Waals surface area contributed by atoms with Crippen molar-refractivity contribution in [3.8, 4) is 0 Å². The molecule has 0 atom stereocenters. The Balaban J connectivity index is 2.67. The molecule has 0 saturated heterocycles. The number of aldehydes is 1. The van der Waals surface area contributed by atoms with Crippen molar-refractivity contribution < 1.29 is 4.79 Å². The third-order valence-corrected chi connectivity index (χ3v) is 1.97.